The second-order valence-electron chi connectivity index (χ2n) is 3.13. The van der Waals surface area contributed by atoms with E-state index in [-0.39, 0.29) is 6.10 Å². The summed E-state index contributed by atoms with van der Waals surface area (Å²) in [6.07, 6.45) is 1.44. The minimum Gasteiger partial charge on any atom is -0.483 e. The third-order valence-electron chi connectivity index (χ3n) is 1.98. The van der Waals surface area contributed by atoms with Crippen LogP contribution in [-0.2, 0) is 0 Å². The summed E-state index contributed by atoms with van der Waals surface area (Å²) in [5, 5.41) is 4.31. The zero-order valence-corrected chi connectivity index (χ0v) is 8.94. The first kappa shape index (κ1) is 10.1. The van der Waals surface area contributed by atoms with Crippen LogP contribution in [0.5, 0.6) is 5.75 Å². The van der Waals surface area contributed by atoms with Gasteiger partial charge in [-0.1, -0.05) is 16.8 Å². The fraction of sp³-hybridized carbons (Fsp3) is 0.182. The Hall–Kier alpha value is -1.48. The van der Waals surface area contributed by atoms with Crippen LogP contribution in [0.2, 0.25) is 5.02 Å². The number of rotatable bonds is 3. The molecule has 0 saturated carbocycles. The molecule has 78 valence electrons. The van der Waals surface area contributed by atoms with Crippen LogP contribution in [0, 0.1) is 0 Å². The minimum atomic E-state index is -0.159. The Morgan fingerprint density at radius 2 is 2.00 bits per heavy atom. The van der Waals surface area contributed by atoms with E-state index in [1.165, 1.54) is 0 Å². The van der Waals surface area contributed by atoms with E-state index < -0.39 is 0 Å². The molecule has 15 heavy (non-hydrogen) atoms. The SMILES string of the molecule is C[C@@H](Oc1ccc(Cl)cc1)c1ccno1. The van der Waals surface area contributed by atoms with E-state index in [1.54, 1.807) is 24.4 Å². The Morgan fingerprint density at radius 1 is 1.27 bits per heavy atom. The highest BCUT2D eigenvalue weighted by Gasteiger charge is 2.10. The van der Waals surface area contributed by atoms with E-state index >= 15 is 0 Å². The van der Waals surface area contributed by atoms with Gasteiger partial charge in [0.25, 0.3) is 0 Å². The fourth-order valence-electron chi connectivity index (χ4n) is 1.21. The molecule has 1 aromatic carbocycles. The maximum Gasteiger partial charge on any atom is 0.176 e. The van der Waals surface area contributed by atoms with Gasteiger partial charge in [0.2, 0.25) is 0 Å². The summed E-state index contributed by atoms with van der Waals surface area (Å²) in [4.78, 5) is 0. The van der Waals surface area contributed by atoms with Crippen molar-refractivity contribution in [2.75, 3.05) is 0 Å². The summed E-state index contributed by atoms with van der Waals surface area (Å²) < 4.78 is 10.6. The smallest absolute Gasteiger partial charge is 0.176 e. The highest BCUT2D eigenvalue weighted by Crippen LogP contribution is 2.22. The van der Waals surface area contributed by atoms with Gasteiger partial charge in [-0.05, 0) is 31.2 Å². The lowest BCUT2D eigenvalue weighted by atomic mass is 10.3. The van der Waals surface area contributed by atoms with Crippen LogP contribution in [0.4, 0.5) is 0 Å². The number of hydrogen-bond acceptors (Lipinski definition) is 3. The largest absolute Gasteiger partial charge is 0.483 e. The van der Waals surface area contributed by atoms with Crippen LogP contribution < -0.4 is 4.74 Å². The lowest BCUT2D eigenvalue weighted by Crippen LogP contribution is -2.01. The molecule has 0 bridgehead atoms. The van der Waals surface area contributed by atoms with Gasteiger partial charge in [0.05, 0.1) is 6.20 Å². The summed E-state index contributed by atoms with van der Waals surface area (Å²) in [6.45, 7) is 1.90. The van der Waals surface area contributed by atoms with Gasteiger partial charge in [-0.15, -0.1) is 0 Å². The molecule has 0 unspecified atom stereocenters. The first-order valence-corrected chi connectivity index (χ1v) is 4.96. The number of aromatic nitrogens is 1. The molecule has 0 N–H and O–H groups in total. The Bertz CT molecular complexity index is 411. The summed E-state index contributed by atoms with van der Waals surface area (Å²) in [5.41, 5.74) is 0. The van der Waals surface area contributed by atoms with Gasteiger partial charge in [-0.3, -0.25) is 0 Å². The summed E-state index contributed by atoms with van der Waals surface area (Å²) in [7, 11) is 0. The molecule has 0 aliphatic rings. The van der Waals surface area contributed by atoms with Crippen LogP contribution in [0.25, 0.3) is 0 Å². The molecule has 2 rings (SSSR count). The Balaban J connectivity index is 2.06. The summed E-state index contributed by atoms with van der Waals surface area (Å²) in [6, 6.07) is 8.97. The van der Waals surface area contributed by atoms with E-state index in [0.717, 1.165) is 5.75 Å². The second-order valence-corrected chi connectivity index (χ2v) is 3.57. The molecule has 3 nitrogen and oxygen atoms in total. The van der Waals surface area contributed by atoms with Crippen LogP contribution in [0.3, 0.4) is 0 Å². The van der Waals surface area contributed by atoms with Crippen molar-refractivity contribution in [3.63, 3.8) is 0 Å². The predicted molar refractivity (Wildman–Crippen MR) is 57.0 cm³/mol. The highest BCUT2D eigenvalue weighted by atomic mass is 35.5. The molecule has 0 fully saturated rings. The average molecular weight is 224 g/mol. The van der Waals surface area contributed by atoms with E-state index in [0.29, 0.717) is 10.8 Å². The van der Waals surface area contributed by atoms with Gasteiger partial charge in [0.15, 0.2) is 11.9 Å². The number of hydrogen-bond donors (Lipinski definition) is 0. The zero-order valence-electron chi connectivity index (χ0n) is 8.18. The van der Waals surface area contributed by atoms with E-state index in [2.05, 4.69) is 5.16 Å². The molecule has 4 heteroatoms. The monoisotopic (exact) mass is 223 g/mol. The minimum absolute atomic E-state index is 0.159. The maximum atomic E-state index is 5.76. The normalized spacial score (nSPS) is 12.4. The summed E-state index contributed by atoms with van der Waals surface area (Å²) >= 11 is 5.76. The van der Waals surface area contributed by atoms with Crippen molar-refractivity contribution < 1.29 is 9.26 Å². The van der Waals surface area contributed by atoms with Crippen molar-refractivity contribution >= 4 is 11.6 Å². The first-order chi connectivity index (χ1) is 7.25. The molecule has 1 heterocycles. The van der Waals surface area contributed by atoms with Crippen molar-refractivity contribution in [3.8, 4) is 5.75 Å². The molecular weight excluding hydrogens is 214 g/mol. The van der Waals surface area contributed by atoms with Crippen LogP contribution in [0.15, 0.2) is 41.1 Å². The molecule has 0 spiro atoms. The van der Waals surface area contributed by atoms with Gasteiger partial charge >= 0.3 is 0 Å². The standard InChI is InChI=1S/C11H10ClNO2/c1-8(11-6-7-13-15-11)14-10-4-2-9(12)3-5-10/h2-8H,1H3/t8-/m1/s1. The molecule has 0 aliphatic carbocycles. The molecule has 0 saturated heterocycles. The van der Waals surface area contributed by atoms with E-state index in [9.17, 15) is 0 Å². The zero-order chi connectivity index (χ0) is 10.7. The van der Waals surface area contributed by atoms with Crippen molar-refractivity contribution in [2.45, 2.75) is 13.0 Å². The Morgan fingerprint density at radius 3 is 2.60 bits per heavy atom. The summed E-state index contributed by atoms with van der Waals surface area (Å²) in [5.74, 6) is 1.45. The van der Waals surface area contributed by atoms with Crippen LogP contribution in [0.1, 0.15) is 18.8 Å². The lowest BCUT2D eigenvalue weighted by molar-refractivity contribution is 0.182. The average Bonchev–Trinajstić information content (AvgIpc) is 2.74. The van der Waals surface area contributed by atoms with Crippen molar-refractivity contribution in [1.82, 2.24) is 5.16 Å². The molecular formula is C11H10ClNO2. The van der Waals surface area contributed by atoms with Crippen molar-refractivity contribution in [2.24, 2.45) is 0 Å². The molecule has 1 atom stereocenters. The molecule has 1 aromatic heterocycles. The van der Waals surface area contributed by atoms with Crippen LogP contribution >= 0.6 is 11.6 Å². The van der Waals surface area contributed by atoms with E-state index in [1.807, 2.05) is 19.1 Å². The number of ether oxygens (including phenoxy) is 1. The fourth-order valence-corrected chi connectivity index (χ4v) is 1.34. The Kier molecular flexibility index (Phi) is 2.92. The number of halogens is 1. The molecule has 2 aromatic rings. The first-order valence-electron chi connectivity index (χ1n) is 4.58. The molecule has 0 amide bonds. The molecule has 0 aliphatic heterocycles. The third-order valence-corrected chi connectivity index (χ3v) is 2.24. The quantitative estimate of drug-likeness (QED) is 0.799. The maximum absolute atomic E-state index is 5.76. The van der Waals surface area contributed by atoms with Crippen molar-refractivity contribution in [1.29, 1.82) is 0 Å². The Labute approximate surface area is 92.6 Å². The lowest BCUT2D eigenvalue weighted by Gasteiger charge is -2.11. The molecule has 0 radical (unpaired) electrons. The van der Waals surface area contributed by atoms with E-state index in [4.69, 9.17) is 20.9 Å². The van der Waals surface area contributed by atoms with Crippen LogP contribution in [-0.4, -0.2) is 5.16 Å². The van der Waals surface area contributed by atoms with Gasteiger partial charge in [0, 0.05) is 11.1 Å². The number of benzene rings is 1. The van der Waals surface area contributed by atoms with Gasteiger partial charge < -0.3 is 9.26 Å². The van der Waals surface area contributed by atoms with Gasteiger partial charge in [-0.2, -0.15) is 0 Å². The number of nitrogens with zero attached hydrogens (tertiary/aromatic N) is 1. The topological polar surface area (TPSA) is 35.3 Å². The third kappa shape index (κ3) is 2.50. The highest BCUT2D eigenvalue weighted by molar-refractivity contribution is 6.30. The van der Waals surface area contributed by atoms with Crippen molar-refractivity contribution in [3.05, 3.63) is 47.3 Å². The second kappa shape index (κ2) is 4.36. The predicted octanol–water partition coefficient (Wildman–Crippen LogP) is 3.47. The van der Waals surface area contributed by atoms with Gasteiger partial charge in [0.1, 0.15) is 5.75 Å². The van der Waals surface area contributed by atoms with Gasteiger partial charge in [-0.25, -0.2) is 0 Å².